The summed E-state index contributed by atoms with van der Waals surface area (Å²) in [4.78, 5) is 25.4. The number of hydrogen-bond donors (Lipinski definition) is 0. The maximum absolute atomic E-state index is 14.3. The number of rotatable bonds is 3. The van der Waals surface area contributed by atoms with Crippen LogP contribution >= 0.6 is 7.44 Å². The van der Waals surface area contributed by atoms with Gasteiger partial charge in [-0.2, -0.15) is 0 Å². The number of benzene rings is 1. The van der Waals surface area contributed by atoms with Crippen molar-refractivity contribution in [1.82, 2.24) is 9.34 Å². The molecule has 0 aromatic heterocycles. The van der Waals surface area contributed by atoms with Crippen molar-refractivity contribution in [3.63, 3.8) is 0 Å². The Morgan fingerprint density at radius 2 is 1.21 bits per heavy atom. The van der Waals surface area contributed by atoms with Crippen LogP contribution < -0.4 is 5.30 Å². The summed E-state index contributed by atoms with van der Waals surface area (Å²) in [5.41, 5.74) is 0. The van der Waals surface area contributed by atoms with Crippen molar-refractivity contribution in [1.29, 1.82) is 0 Å². The lowest BCUT2D eigenvalue weighted by Crippen LogP contribution is -2.42. The van der Waals surface area contributed by atoms with Crippen molar-refractivity contribution in [2.45, 2.75) is 51.4 Å². The number of hydrogen-bond acceptors (Lipinski definition) is 3. The molecule has 0 saturated carbocycles. The van der Waals surface area contributed by atoms with Crippen molar-refractivity contribution >= 4 is 24.6 Å². The Balaban J connectivity index is 2.08. The van der Waals surface area contributed by atoms with Crippen LogP contribution in [0.5, 0.6) is 0 Å². The molecule has 0 unspecified atom stereocenters. The Labute approximate surface area is 143 Å². The quantitative estimate of drug-likeness (QED) is 0.788. The van der Waals surface area contributed by atoms with Gasteiger partial charge >= 0.3 is 0 Å². The lowest BCUT2D eigenvalue weighted by atomic mass is 10.2. The zero-order valence-electron chi connectivity index (χ0n) is 14.0. The summed E-state index contributed by atoms with van der Waals surface area (Å²) in [6.45, 7) is 0.934. The largest absolute Gasteiger partial charge is 0.297 e. The Kier molecular flexibility index (Phi) is 5.40. The molecule has 0 bridgehead atoms. The van der Waals surface area contributed by atoms with E-state index in [-0.39, 0.29) is 11.8 Å². The lowest BCUT2D eigenvalue weighted by Gasteiger charge is -2.38. The maximum Gasteiger partial charge on any atom is 0.297 e. The molecule has 0 N–H and O–H groups in total. The molecule has 0 atom stereocenters. The first-order chi connectivity index (χ1) is 11.6. The third-order valence-corrected chi connectivity index (χ3v) is 7.97. The van der Waals surface area contributed by atoms with Crippen LogP contribution in [-0.2, 0) is 14.2 Å². The molecule has 2 saturated heterocycles. The predicted octanol–water partition coefficient (Wildman–Crippen LogP) is 3.31. The van der Waals surface area contributed by atoms with Gasteiger partial charge < -0.3 is 0 Å². The number of nitrogens with zero attached hydrogens (tertiary/aromatic N) is 2. The highest BCUT2D eigenvalue weighted by molar-refractivity contribution is 7.68. The second-order valence-corrected chi connectivity index (χ2v) is 9.10. The molecular formula is C18H25N2O3P. The summed E-state index contributed by atoms with van der Waals surface area (Å²) < 4.78 is 17.3. The van der Waals surface area contributed by atoms with Crippen LogP contribution in [0.4, 0.5) is 0 Å². The van der Waals surface area contributed by atoms with E-state index in [9.17, 15) is 14.2 Å². The van der Waals surface area contributed by atoms with E-state index in [1.54, 1.807) is 12.1 Å². The van der Waals surface area contributed by atoms with Crippen LogP contribution in [0, 0.1) is 0 Å². The van der Waals surface area contributed by atoms with Gasteiger partial charge in [0, 0.05) is 25.9 Å². The van der Waals surface area contributed by atoms with Gasteiger partial charge in [-0.15, -0.1) is 0 Å². The van der Waals surface area contributed by atoms with Crippen molar-refractivity contribution in [2.24, 2.45) is 0 Å². The summed E-state index contributed by atoms with van der Waals surface area (Å²) >= 11 is 0. The monoisotopic (exact) mass is 348 g/mol. The highest BCUT2D eigenvalue weighted by atomic mass is 31.2. The van der Waals surface area contributed by atoms with E-state index >= 15 is 0 Å². The van der Waals surface area contributed by atoms with E-state index in [0.29, 0.717) is 31.2 Å². The Bertz CT molecular complexity index is 613. The third kappa shape index (κ3) is 3.27. The molecule has 1 aromatic carbocycles. The van der Waals surface area contributed by atoms with Crippen LogP contribution in [0.3, 0.4) is 0 Å². The van der Waals surface area contributed by atoms with Gasteiger partial charge in [-0.05, 0) is 37.8 Å². The second-order valence-electron chi connectivity index (χ2n) is 6.53. The van der Waals surface area contributed by atoms with Gasteiger partial charge in [0.1, 0.15) is 0 Å². The lowest BCUT2D eigenvalue weighted by molar-refractivity contribution is -0.127. The average molecular weight is 348 g/mol. The fourth-order valence-electron chi connectivity index (χ4n) is 3.54. The molecule has 2 heterocycles. The van der Waals surface area contributed by atoms with Crippen molar-refractivity contribution in [3.8, 4) is 0 Å². The van der Waals surface area contributed by atoms with E-state index in [1.165, 1.54) is 9.34 Å². The van der Waals surface area contributed by atoms with Gasteiger partial charge in [0.25, 0.3) is 7.44 Å². The van der Waals surface area contributed by atoms with E-state index < -0.39 is 7.44 Å². The Hall–Kier alpha value is -1.61. The third-order valence-electron chi connectivity index (χ3n) is 4.84. The van der Waals surface area contributed by atoms with Gasteiger partial charge in [-0.3, -0.25) is 23.5 Å². The fraction of sp³-hybridized carbons (Fsp3) is 0.556. The molecule has 130 valence electrons. The van der Waals surface area contributed by atoms with Gasteiger partial charge in [-0.1, -0.05) is 31.0 Å². The summed E-state index contributed by atoms with van der Waals surface area (Å²) in [5.74, 6) is -0.173. The molecule has 3 rings (SSSR count). The topological polar surface area (TPSA) is 57.7 Å². The number of amides is 2. The summed E-state index contributed by atoms with van der Waals surface area (Å²) in [7, 11) is -3.42. The first-order valence-corrected chi connectivity index (χ1v) is 10.5. The second kappa shape index (κ2) is 7.52. The molecule has 2 aliphatic rings. The molecule has 0 radical (unpaired) electrons. The van der Waals surface area contributed by atoms with E-state index in [1.807, 2.05) is 18.2 Å². The summed E-state index contributed by atoms with van der Waals surface area (Å²) in [6, 6.07) is 9.09. The predicted molar refractivity (Wildman–Crippen MR) is 94.0 cm³/mol. The molecule has 0 aliphatic carbocycles. The zero-order valence-corrected chi connectivity index (χ0v) is 14.9. The smallest absolute Gasteiger partial charge is 0.274 e. The zero-order chi connectivity index (χ0) is 17.0. The van der Waals surface area contributed by atoms with E-state index in [4.69, 9.17) is 0 Å². The first kappa shape index (κ1) is 17.2. The molecule has 2 aliphatic heterocycles. The van der Waals surface area contributed by atoms with Crippen molar-refractivity contribution in [3.05, 3.63) is 30.3 Å². The van der Waals surface area contributed by atoms with Gasteiger partial charge in [0.05, 0.1) is 5.30 Å². The maximum atomic E-state index is 14.3. The minimum atomic E-state index is -3.42. The highest BCUT2D eigenvalue weighted by Gasteiger charge is 2.44. The van der Waals surface area contributed by atoms with Crippen molar-refractivity contribution in [2.75, 3.05) is 13.1 Å². The molecule has 2 fully saturated rings. The SMILES string of the molecule is O=C1CCCCCN1P(=O)(c1ccccc1)N1CCCCCC1=O. The van der Waals surface area contributed by atoms with Crippen molar-refractivity contribution < 1.29 is 14.2 Å². The van der Waals surface area contributed by atoms with Gasteiger partial charge in [0.2, 0.25) is 11.8 Å². The minimum absolute atomic E-state index is 0.0864. The molecule has 0 spiro atoms. The standard InChI is InChI=1S/C18H25N2O3P/c21-17-12-6-2-8-14-19(17)24(23,16-10-4-1-5-11-16)20-15-9-3-7-13-18(20)22/h1,4-5,10-11H,2-3,6-9,12-15H2. The molecule has 24 heavy (non-hydrogen) atoms. The minimum Gasteiger partial charge on any atom is -0.274 e. The van der Waals surface area contributed by atoms with E-state index in [0.717, 1.165) is 38.5 Å². The normalized spacial score (nSPS) is 20.7. The van der Waals surface area contributed by atoms with Crippen LogP contribution in [0.15, 0.2) is 30.3 Å². The summed E-state index contributed by atoms with van der Waals surface area (Å²) in [5, 5.41) is 0.593. The first-order valence-electron chi connectivity index (χ1n) is 8.91. The average Bonchev–Trinajstić information content (AvgIpc) is 2.95. The number of carbonyl (C=O) groups excluding carboxylic acids is 2. The molecular weight excluding hydrogens is 323 g/mol. The molecule has 6 heteroatoms. The van der Waals surface area contributed by atoms with Gasteiger partial charge in [-0.25, -0.2) is 0 Å². The number of carbonyl (C=O) groups is 2. The summed E-state index contributed by atoms with van der Waals surface area (Å²) in [6.07, 6.45) is 6.10. The Morgan fingerprint density at radius 3 is 1.71 bits per heavy atom. The van der Waals surface area contributed by atoms with Crippen LogP contribution in [0.2, 0.25) is 0 Å². The van der Waals surface area contributed by atoms with Crippen LogP contribution in [-0.4, -0.2) is 34.2 Å². The highest BCUT2D eigenvalue weighted by Crippen LogP contribution is 2.54. The molecule has 1 aromatic rings. The molecule has 5 nitrogen and oxygen atoms in total. The van der Waals surface area contributed by atoms with Crippen LogP contribution in [0.1, 0.15) is 51.4 Å². The Morgan fingerprint density at radius 1 is 0.708 bits per heavy atom. The van der Waals surface area contributed by atoms with Crippen LogP contribution in [0.25, 0.3) is 0 Å². The molecule has 2 amide bonds. The van der Waals surface area contributed by atoms with E-state index in [2.05, 4.69) is 0 Å². The van der Waals surface area contributed by atoms with Gasteiger partial charge in [0.15, 0.2) is 0 Å². The fourth-order valence-corrected chi connectivity index (χ4v) is 6.55.